The van der Waals surface area contributed by atoms with E-state index in [9.17, 15) is 14.4 Å². The summed E-state index contributed by atoms with van der Waals surface area (Å²) in [7, 11) is -1.95. The number of rotatable bonds is 14. The molecule has 12 heteroatoms. The average molecular weight is 817 g/mol. The summed E-state index contributed by atoms with van der Waals surface area (Å²) < 4.78 is 63.2. The van der Waals surface area contributed by atoms with Crippen molar-refractivity contribution in [3.05, 3.63) is 195 Å². The average Bonchev–Trinajstić information content (AvgIpc) is 3.45. The normalized spacial score (nSPS) is 19.3. The molecule has 1 aliphatic heterocycles. The van der Waals surface area contributed by atoms with E-state index in [1.807, 2.05) is 93.6 Å². The van der Waals surface area contributed by atoms with E-state index < -0.39 is 67.1 Å². The van der Waals surface area contributed by atoms with Crippen molar-refractivity contribution in [1.82, 2.24) is 9.55 Å². The van der Waals surface area contributed by atoms with Gasteiger partial charge >= 0.3 is 11.6 Å². The SMILES string of the molecule is COc1ccc(C(O[C@H]2C(F)(F)[C@H](n3ccc(=O)[nH]c3=O)O[C@]2(CC=O)CO[Si](c2ccccc2)(c2ccccc2)C(C)(C)C)(c2ccccc2)c2ccccc2)cc1. The molecule has 304 valence electrons. The fourth-order valence-electron chi connectivity index (χ4n) is 8.39. The number of nitrogens with zero attached hydrogens (tertiary/aromatic N) is 1. The van der Waals surface area contributed by atoms with E-state index in [-0.39, 0.29) is 0 Å². The predicted octanol–water partition coefficient (Wildman–Crippen LogP) is 6.99. The molecule has 0 unspecified atom stereocenters. The molecule has 0 spiro atoms. The minimum atomic E-state index is -4.04. The van der Waals surface area contributed by atoms with Crippen molar-refractivity contribution in [1.29, 1.82) is 0 Å². The van der Waals surface area contributed by atoms with Crippen molar-refractivity contribution in [3.63, 3.8) is 0 Å². The van der Waals surface area contributed by atoms with Gasteiger partial charge in [-0.3, -0.25) is 14.3 Å². The molecule has 0 amide bonds. The molecule has 6 aromatic rings. The molecule has 1 aliphatic rings. The van der Waals surface area contributed by atoms with E-state index in [0.717, 1.165) is 22.6 Å². The fourth-order valence-corrected chi connectivity index (χ4v) is 13.0. The summed E-state index contributed by atoms with van der Waals surface area (Å²) in [5.41, 5.74) is -4.40. The van der Waals surface area contributed by atoms with Crippen LogP contribution in [-0.4, -0.2) is 55.5 Å². The summed E-state index contributed by atoms with van der Waals surface area (Å²) in [5.74, 6) is -3.51. The number of carbonyl (C=O) groups is 1. The Bertz CT molecular complexity index is 2380. The van der Waals surface area contributed by atoms with E-state index in [1.54, 1.807) is 72.8 Å². The van der Waals surface area contributed by atoms with Crippen molar-refractivity contribution >= 4 is 25.0 Å². The minimum Gasteiger partial charge on any atom is -0.497 e. The number of H-pyrrole nitrogens is 1. The van der Waals surface area contributed by atoms with Gasteiger partial charge in [-0.05, 0) is 44.2 Å². The summed E-state index contributed by atoms with van der Waals surface area (Å²) in [4.78, 5) is 40.7. The molecule has 0 bridgehead atoms. The number of alkyl halides is 2. The van der Waals surface area contributed by atoms with Crippen molar-refractivity contribution in [2.75, 3.05) is 13.7 Å². The van der Waals surface area contributed by atoms with E-state index in [1.165, 1.54) is 7.11 Å². The Kier molecular flexibility index (Phi) is 11.5. The Balaban J connectivity index is 1.50. The Hall–Kier alpha value is -5.79. The number of aromatic amines is 1. The molecule has 1 aromatic heterocycles. The smallest absolute Gasteiger partial charge is 0.330 e. The summed E-state index contributed by atoms with van der Waals surface area (Å²) in [6.07, 6.45) is -3.73. The Morgan fingerprint density at radius 3 is 1.69 bits per heavy atom. The summed E-state index contributed by atoms with van der Waals surface area (Å²) >= 11 is 0. The van der Waals surface area contributed by atoms with Crippen LogP contribution >= 0.6 is 0 Å². The second kappa shape index (κ2) is 16.5. The quantitative estimate of drug-likeness (QED) is 0.0718. The zero-order valence-corrected chi connectivity index (χ0v) is 34.2. The number of hydrogen-bond donors (Lipinski definition) is 1. The highest BCUT2D eigenvalue weighted by atomic mass is 28.4. The van der Waals surface area contributed by atoms with Crippen LogP contribution in [0.5, 0.6) is 5.75 Å². The first-order valence-electron chi connectivity index (χ1n) is 19.3. The van der Waals surface area contributed by atoms with E-state index in [2.05, 4.69) is 4.98 Å². The van der Waals surface area contributed by atoms with Crippen molar-refractivity contribution in [3.8, 4) is 5.75 Å². The number of ether oxygens (including phenoxy) is 3. The van der Waals surface area contributed by atoms with Crippen molar-refractivity contribution in [2.24, 2.45) is 0 Å². The molecule has 7 rings (SSSR count). The molecule has 1 N–H and O–H groups in total. The Labute approximate surface area is 342 Å². The maximum Gasteiger partial charge on any atom is 0.330 e. The lowest BCUT2D eigenvalue weighted by molar-refractivity contribution is -0.191. The highest BCUT2D eigenvalue weighted by Gasteiger charge is 2.70. The number of benzene rings is 5. The first-order valence-corrected chi connectivity index (χ1v) is 21.2. The molecular weight excluding hydrogens is 771 g/mol. The lowest BCUT2D eigenvalue weighted by Gasteiger charge is -2.47. The zero-order chi connectivity index (χ0) is 41.9. The molecule has 0 aliphatic carbocycles. The third kappa shape index (κ3) is 7.42. The number of methoxy groups -OCH3 is 1. The van der Waals surface area contributed by atoms with Crippen LogP contribution in [0.1, 0.15) is 50.1 Å². The molecule has 5 aromatic carbocycles. The van der Waals surface area contributed by atoms with Gasteiger partial charge < -0.3 is 23.4 Å². The molecular formula is C47H46F2N2O7Si. The standard InChI is InChI=1S/C47H46F2N2O7Si/c1-44(2,3)59(38-21-13-7-14-22-38,39-23-15-8-16-24-39)56-33-45(30-32-52)41(47(48,49)42(58-45)51-31-29-40(53)50-43(51)54)57-46(34-17-9-5-10-18-34,35-19-11-6-12-20-35)36-25-27-37(55-4)28-26-36/h5-29,31-32,41-42H,30,33H2,1-4H3,(H,50,53,54)/t41-,42-,45-/m1/s1. The Morgan fingerprint density at radius 2 is 1.24 bits per heavy atom. The van der Waals surface area contributed by atoms with Gasteiger partial charge in [0.2, 0.25) is 6.23 Å². The van der Waals surface area contributed by atoms with Gasteiger partial charge in [0, 0.05) is 18.7 Å². The number of nitrogens with one attached hydrogen (secondary N) is 1. The van der Waals surface area contributed by atoms with Crippen LogP contribution in [0.4, 0.5) is 8.78 Å². The third-order valence-corrected chi connectivity index (χ3v) is 16.1. The van der Waals surface area contributed by atoms with Gasteiger partial charge in [-0.25, -0.2) is 4.79 Å². The summed E-state index contributed by atoms with van der Waals surface area (Å²) in [6, 6.07) is 45.1. The van der Waals surface area contributed by atoms with Gasteiger partial charge in [0.05, 0.1) is 13.7 Å². The van der Waals surface area contributed by atoms with Crippen LogP contribution in [0.15, 0.2) is 167 Å². The van der Waals surface area contributed by atoms with Gasteiger partial charge in [0.25, 0.3) is 13.9 Å². The molecule has 3 atom stereocenters. The van der Waals surface area contributed by atoms with Crippen LogP contribution in [0.3, 0.4) is 0 Å². The maximum atomic E-state index is 18.1. The van der Waals surface area contributed by atoms with Crippen LogP contribution in [0, 0.1) is 0 Å². The number of aldehydes is 1. The molecule has 1 fully saturated rings. The van der Waals surface area contributed by atoms with Crippen molar-refractivity contribution in [2.45, 2.75) is 61.7 Å². The number of halogens is 2. The van der Waals surface area contributed by atoms with Gasteiger partial charge in [-0.1, -0.05) is 154 Å². The zero-order valence-electron chi connectivity index (χ0n) is 33.2. The lowest BCUT2D eigenvalue weighted by atomic mass is 9.79. The third-order valence-electron chi connectivity index (χ3n) is 11.1. The van der Waals surface area contributed by atoms with Crippen LogP contribution in [0.2, 0.25) is 5.04 Å². The molecule has 2 heterocycles. The van der Waals surface area contributed by atoms with Gasteiger partial charge in [0.1, 0.15) is 23.2 Å². The second-order valence-corrected chi connectivity index (χ2v) is 20.0. The maximum absolute atomic E-state index is 18.1. The Morgan fingerprint density at radius 1 is 0.746 bits per heavy atom. The molecule has 0 saturated carbocycles. The largest absolute Gasteiger partial charge is 0.497 e. The summed E-state index contributed by atoms with van der Waals surface area (Å²) in [5, 5.41) is 1.15. The van der Waals surface area contributed by atoms with Gasteiger partial charge in [-0.15, -0.1) is 0 Å². The first kappa shape index (κ1) is 41.4. The van der Waals surface area contributed by atoms with E-state index in [4.69, 9.17) is 18.6 Å². The number of aromatic nitrogens is 2. The monoisotopic (exact) mass is 816 g/mol. The summed E-state index contributed by atoms with van der Waals surface area (Å²) in [6.45, 7) is 5.60. The molecule has 0 radical (unpaired) electrons. The highest BCUT2D eigenvalue weighted by molar-refractivity contribution is 6.99. The second-order valence-electron chi connectivity index (χ2n) is 15.7. The fraction of sp³-hybridized carbons (Fsp3) is 0.255. The number of hydrogen-bond acceptors (Lipinski definition) is 7. The van der Waals surface area contributed by atoms with Crippen molar-refractivity contribution < 1.29 is 32.2 Å². The molecule has 1 saturated heterocycles. The van der Waals surface area contributed by atoms with Gasteiger partial charge in [0.15, 0.2) is 6.10 Å². The van der Waals surface area contributed by atoms with E-state index >= 15 is 8.78 Å². The highest BCUT2D eigenvalue weighted by Crippen LogP contribution is 2.55. The van der Waals surface area contributed by atoms with Crippen LogP contribution < -0.4 is 26.4 Å². The molecule has 59 heavy (non-hydrogen) atoms. The lowest BCUT2D eigenvalue weighted by Crippen LogP contribution is -2.68. The van der Waals surface area contributed by atoms with Crippen LogP contribution in [-0.2, 0) is 24.3 Å². The molecule has 9 nitrogen and oxygen atoms in total. The topological polar surface area (TPSA) is 109 Å². The number of carbonyl (C=O) groups excluding carboxylic acids is 1. The van der Waals surface area contributed by atoms with Crippen LogP contribution in [0.25, 0.3) is 0 Å². The van der Waals surface area contributed by atoms with Gasteiger partial charge in [-0.2, -0.15) is 8.78 Å². The minimum absolute atomic E-state index is 0.476. The first-order chi connectivity index (χ1) is 28.3. The predicted molar refractivity (Wildman–Crippen MR) is 224 cm³/mol. The van der Waals surface area contributed by atoms with E-state index in [0.29, 0.717) is 33.3 Å².